The van der Waals surface area contributed by atoms with Crippen molar-refractivity contribution in [3.63, 3.8) is 0 Å². The van der Waals surface area contributed by atoms with Crippen LogP contribution in [0.5, 0.6) is 0 Å². The summed E-state index contributed by atoms with van der Waals surface area (Å²) >= 11 is 5.87. The second-order valence-corrected chi connectivity index (χ2v) is 5.76. The predicted octanol–water partition coefficient (Wildman–Crippen LogP) is 3.09. The molecule has 0 heterocycles. The number of nitrogens with zero attached hydrogens (tertiary/aromatic N) is 1. The molecule has 5 nitrogen and oxygen atoms in total. The molecule has 0 aliphatic rings. The van der Waals surface area contributed by atoms with E-state index < -0.39 is 0 Å². The van der Waals surface area contributed by atoms with E-state index in [0.29, 0.717) is 28.5 Å². The Morgan fingerprint density at radius 1 is 1.00 bits per heavy atom. The molecular weight excluding hydrogens is 314 g/mol. The van der Waals surface area contributed by atoms with Crippen LogP contribution < -0.4 is 10.6 Å². The van der Waals surface area contributed by atoms with Gasteiger partial charge in [0.15, 0.2) is 0 Å². The summed E-state index contributed by atoms with van der Waals surface area (Å²) in [6.07, 6.45) is 0. The summed E-state index contributed by atoms with van der Waals surface area (Å²) in [5.74, 6) is -0.331. The van der Waals surface area contributed by atoms with E-state index in [4.69, 9.17) is 11.6 Å². The molecule has 2 amide bonds. The van der Waals surface area contributed by atoms with Crippen molar-refractivity contribution in [2.75, 3.05) is 31.3 Å². The monoisotopic (exact) mass is 331 g/mol. The molecule has 0 bridgehead atoms. The summed E-state index contributed by atoms with van der Waals surface area (Å²) in [6, 6.07) is 13.7. The zero-order valence-corrected chi connectivity index (χ0v) is 13.7. The standard InChI is InChI=1S/C17H18ClN3O2/c1-21(2)11-16(22)19-14-6-8-15(9-7-14)20-17(23)12-4-3-5-13(18)10-12/h3-10H,11H2,1-2H3,(H,19,22)(H,20,23). The predicted molar refractivity (Wildman–Crippen MR) is 93.0 cm³/mol. The smallest absolute Gasteiger partial charge is 0.255 e. The number of hydrogen-bond acceptors (Lipinski definition) is 3. The summed E-state index contributed by atoms with van der Waals surface area (Å²) in [5.41, 5.74) is 1.80. The van der Waals surface area contributed by atoms with Crippen LogP contribution >= 0.6 is 11.6 Å². The van der Waals surface area contributed by atoms with Gasteiger partial charge < -0.3 is 15.5 Å². The van der Waals surface area contributed by atoms with Gasteiger partial charge in [-0.3, -0.25) is 9.59 Å². The van der Waals surface area contributed by atoms with Crippen LogP contribution in [-0.2, 0) is 4.79 Å². The lowest BCUT2D eigenvalue weighted by molar-refractivity contribution is -0.116. The molecule has 0 saturated heterocycles. The fourth-order valence-electron chi connectivity index (χ4n) is 1.96. The van der Waals surface area contributed by atoms with Crippen molar-refractivity contribution in [2.45, 2.75) is 0 Å². The normalized spacial score (nSPS) is 10.4. The first-order chi connectivity index (χ1) is 10.9. The number of amides is 2. The summed E-state index contributed by atoms with van der Waals surface area (Å²) in [4.78, 5) is 25.6. The van der Waals surface area contributed by atoms with E-state index in [0.717, 1.165) is 0 Å². The van der Waals surface area contributed by atoms with Crippen molar-refractivity contribution in [3.05, 3.63) is 59.1 Å². The molecule has 0 aliphatic carbocycles. The highest BCUT2D eigenvalue weighted by Crippen LogP contribution is 2.16. The largest absolute Gasteiger partial charge is 0.325 e. The van der Waals surface area contributed by atoms with Crippen molar-refractivity contribution < 1.29 is 9.59 Å². The molecule has 0 spiro atoms. The number of hydrogen-bond donors (Lipinski definition) is 2. The van der Waals surface area contributed by atoms with Crippen molar-refractivity contribution in [1.29, 1.82) is 0 Å². The third-order valence-corrected chi connectivity index (χ3v) is 3.21. The molecular formula is C17H18ClN3O2. The van der Waals surface area contributed by atoms with E-state index in [9.17, 15) is 9.59 Å². The molecule has 0 radical (unpaired) electrons. The van der Waals surface area contributed by atoms with Gasteiger partial charge in [-0.2, -0.15) is 0 Å². The SMILES string of the molecule is CN(C)CC(=O)Nc1ccc(NC(=O)c2cccc(Cl)c2)cc1. The highest BCUT2D eigenvalue weighted by molar-refractivity contribution is 6.31. The molecule has 0 aromatic heterocycles. The summed E-state index contributed by atoms with van der Waals surface area (Å²) < 4.78 is 0. The number of nitrogens with one attached hydrogen (secondary N) is 2. The Hall–Kier alpha value is -2.37. The van der Waals surface area contributed by atoms with E-state index in [1.165, 1.54) is 0 Å². The van der Waals surface area contributed by atoms with Gasteiger partial charge in [0.1, 0.15) is 0 Å². The molecule has 2 aromatic rings. The van der Waals surface area contributed by atoms with Crippen molar-refractivity contribution in [1.82, 2.24) is 4.90 Å². The molecule has 0 atom stereocenters. The zero-order chi connectivity index (χ0) is 16.8. The molecule has 23 heavy (non-hydrogen) atoms. The van der Waals surface area contributed by atoms with Gasteiger partial charge in [0, 0.05) is 22.0 Å². The van der Waals surface area contributed by atoms with E-state index in [-0.39, 0.29) is 11.8 Å². The zero-order valence-electron chi connectivity index (χ0n) is 13.0. The molecule has 6 heteroatoms. The first-order valence-corrected chi connectivity index (χ1v) is 7.43. The number of benzene rings is 2. The van der Waals surface area contributed by atoms with Gasteiger partial charge in [-0.25, -0.2) is 0 Å². The Balaban J connectivity index is 1.97. The molecule has 0 saturated carbocycles. The minimum atomic E-state index is -0.239. The second-order valence-electron chi connectivity index (χ2n) is 5.33. The van der Waals surface area contributed by atoms with Crippen LogP contribution in [0.4, 0.5) is 11.4 Å². The van der Waals surface area contributed by atoms with E-state index in [1.54, 1.807) is 53.4 Å². The van der Waals surface area contributed by atoms with Gasteiger partial charge in [-0.05, 0) is 56.6 Å². The lowest BCUT2D eigenvalue weighted by Gasteiger charge is -2.11. The Morgan fingerprint density at radius 2 is 1.61 bits per heavy atom. The van der Waals surface area contributed by atoms with Crippen LogP contribution in [-0.4, -0.2) is 37.4 Å². The summed E-state index contributed by atoms with van der Waals surface area (Å²) in [6.45, 7) is 0.313. The van der Waals surface area contributed by atoms with Gasteiger partial charge in [0.25, 0.3) is 5.91 Å². The van der Waals surface area contributed by atoms with Gasteiger partial charge in [0.05, 0.1) is 6.54 Å². The molecule has 0 unspecified atom stereocenters. The number of rotatable bonds is 5. The minimum Gasteiger partial charge on any atom is -0.325 e. The van der Waals surface area contributed by atoms with Crippen LogP contribution in [0.3, 0.4) is 0 Å². The van der Waals surface area contributed by atoms with E-state index in [2.05, 4.69) is 10.6 Å². The third-order valence-electron chi connectivity index (χ3n) is 2.97. The average molecular weight is 332 g/mol. The number of carbonyl (C=O) groups is 2. The first kappa shape index (κ1) is 17.0. The quantitative estimate of drug-likeness (QED) is 0.885. The maximum absolute atomic E-state index is 12.1. The average Bonchev–Trinajstić information content (AvgIpc) is 2.48. The van der Waals surface area contributed by atoms with Gasteiger partial charge >= 0.3 is 0 Å². The molecule has 120 valence electrons. The lowest BCUT2D eigenvalue weighted by Crippen LogP contribution is -2.27. The van der Waals surface area contributed by atoms with Crippen LogP contribution in [0, 0.1) is 0 Å². The number of anilines is 2. The fourth-order valence-corrected chi connectivity index (χ4v) is 2.15. The fraction of sp³-hybridized carbons (Fsp3) is 0.176. The van der Waals surface area contributed by atoms with E-state index >= 15 is 0 Å². The summed E-state index contributed by atoms with van der Waals surface area (Å²) in [5, 5.41) is 6.07. The Labute approximate surface area is 140 Å². The number of carbonyl (C=O) groups excluding carboxylic acids is 2. The second kappa shape index (κ2) is 7.76. The molecule has 0 aliphatic heterocycles. The summed E-state index contributed by atoms with van der Waals surface area (Å²) in [7, 11) is 3.65. The van der Waals surface area contributed by atoms with Gasteiger partial charge in [-0.1, -0.05) is 17.7 Å². The Kier molecular flexibility index (Phi) is 5.73. The minimum absolute atomic E-state index is 0.0919. The number of halogens is 1. The third kappa shape index (κ3) is 5.39. The highest BCUT2D eigenvalue weighted by Gasteiger charge is 2.07. The number of likely N-dealkylation sites (N-methyl/N-ethyl adjacent to an activating group) is 1. The molecule has 2 aromatic carbocycles. The van der Waals surface area contributed by atoms with Crippen molar-refractivity contribution >= 4 is 34.8 Å². The maximum atomic E-state index is 12.1. The lowest BCUT2D eigenvalue weighted by atomic mass is 10.2. The van der Waals surface area contributed by atoms with Crippen LogP contribution in [0.2, 0.25) is 5.02 Å². The van der Waals surface area contributed by atoms with Crippen LogP contribution in [0.1, 0.15) is 10.4 Å². The van der Waals surface area contributed by atoms with Crippen LogP contribution in [0.25, 0.3) is 0 Å². The molecule has 0 fully saturated rings. The Bertz CT molecular complexity index is 699. The Morgan fingerprint density at radius 3 is 2.17 bits per heavy atom. The van der Waals surface area contributed by atoms with Crippen molar-refractivity contribution in [3.8, 4) is 0 Å². The van der Waals surface area contributed by atoms with Crippen molar-refractivity contribution in [2.24, 2.45) is 0 Å². The first-order valence-electron chi connectivity index (χ1n) is 7.05. The van der Waals surface area contributed by atoms with Crippen LogP contribution in [0.15, 0.2) is 48.5 Å². The van der Waals surface area contributed by atoms with Gasteiger partial charge in [-0.15, -0.1) is 0 Å². The molecule has 2 N–H and O–H groups in total. The maximum Gasteiger partial charge on any atom is 0.255 e. The highest BCUT2D eigenvalue weighted by atomic mass is 35.5. The molecule has 2 rings (SSSR count). The van der Waals surface area contributed by atoms with E-state index in [1.807, 2.05) is 14.1 Å². The topological polar surface area (TPSA) is 61.4 Å². The van der Waals surface area contributed by atoms with Gasteiger partial charge in [0.2, 0.25) is 5.91 Å².